The van der Waals surface area contributed by atoms with Crippen molar-refractivity contribution in [3.8, 4) is 23.0 Å². The fourth-order valence-corrected chi connectivity index (χ4v) is 3.81. The molecule has 0 saturated carbocycles. The van der Waals surface area contributed by atoms with Gasteiger partial charge in [-0.1, -0.05) is 30.3 Å². The number of amides is 1. The van der Waals surface area contributed by atoms with Crippen LogP contribution in [0.2, 0.25) is 0 Å². The smallest absolute Gasteiger partial charge is 0.251 e. The SMILES string of the molecule is COc1ccc(COc2ccc(C(=O)NCCNC3=C(N)/C=C/C=C/N=C\3)cc2OCc2ccc(OC)cc2)cc1. The molecular formula is C32H34N4O5. The van der Waals surface area contributed by atoms with Crippen LogP contribution in [0.3, 0.4) is 0 Å². The molecule has 0 bridgehead atoms. The Labute approximate surface area is 240 Å². The molecule has 41 heavy (non-hydrogen) atoms. The van der Waals surface area contributed by atoms with Gasteiger partial charge in [0.15, 0.2) is 11.5 Å². The second-order valence-corrected chi connectivity index (χ2v) is 8.97. The molecular weight excluding hydrogens is 520 g/mol. The maximum absolute atomic E-state index is 13.0. The van der Waals surface area contributed by atoms with Crippen LogP contribution in [-0.4, -0.2) is 39.4 Å². The third kappa shape index (κ3) is 8.66. The van der Waals surface area contributed by atoms with Crippen LogP contribution in [0.4, 0.5) is 0 Å². The summed E-state index contributed by atoms with van der Waals surface area (Å²) in [6, 6.07) is 20.4. The minimum absolute atomic E-state index is 0.237. The van der Waals surface area contributed by atoms with E-state index in [1.807, 2.05) is 54.6 Å². The fourth-order valence-electron chi connectivity index (χ4n) is 3.81. The van der Waals surface area contributed by atoms with E-state index in [2.05, 4.69) is 15.6 Å². The van der Waals surface area contributed by atoms with Crippen molar-refractivity contribution in [2.75, 3.05) is 27.3 Å². The molecule has 0 aliphatic carbocycles. The number of carbonyl (C=O) groups is 1. The average Bonchev–Trinajstić information content (AvgIpc) is 3.00. The zero-order chi connectivity index (χ0) is 28.9. The number of rotatable bonds is 13. The number of hydrogen-bond acceptors (Lipinski definition) is 8. The number of nitrogens with one attached hydrogen (secondary N) is 2. The largest absolute Gasteiger partial charge is 0.497 e. The highest BCUT2D eigenvalue weighted by atomic mass is 16.5. The Morgan fingerprint density at radius 2 is 1.44 bits per heavy atom. The first-order valence-corrected chi connectivity index (χ1v) is 13.1. The lowest BCUT2D eigenvalue weighted by Crippen LogP contribution is -2.32. The molecule has 0 saturated heterocycles. The summed E-state index contributed by atoms with van der Waals surface area (Å²) in [4.78, 5) is 17.1. The minimum atomic E-state index is -0.237. The Morgan fingerprint density at radius 1 is 0.805 bits per heavy atom. The van der Waals surface area contributed by atoms with Crippen molar-refractivity contribution >= 4 is 12.1 Å². The van der Waals surface area contributed by atoms with Gasteiger partial charge in [0.2, 0.25) is 0 Å². The first kappa shape index (κ1) is 28.8. The molecule has 1 aliphatic rings. The molecule has 0 radical (unpaired) electrons. The van der Waals surface area contributed by atoms with Gasteiger partial charge < -0.3 is 35.3 Å². The fraction of sp³-hybridized carbons (Fsp3) is 0.188. The van der Waals surface area contributed by atoms with Gasteiger partial charge in [0.25, 0.3) is 5.91 Å². The van der Waals surface area contributed by atoms with Gasteiger partial charge in [-0.25, -0.2) is 0 Å². The Hall–Kier alpha value is -5.18. The second-order valence-electron chi connectivity index (χ2n) is 8.97. The summed E-state index contributed by atoms with van der Waals surface area (Å²) in [5, 5.41) is 6.12. The summed E-state index contributed by atoms with van der Waals surface area (Å²) in [6.07, 6.45) is 8.71. The van der Waals surface area contributed by atoms with E-state index in [9.17, 15) is 4.79 Å². The normalized spacial score (nSPS) is 16.4. The molecule has 4 rings (SSSR count). The Morgan fingerprint density at radius 3 is 2.07 bits per heavy atom. The van der Waals surface area contributed by atoms with Crippen molar-refractivity contribution in [3.63, 3.8) is 0 Å². The first-order chi connectivity index (χ1) is 20.1. The van der Waals surface area contributed by atoms with Crippen LogP contribution in [0.15, 0.2) is 108 Å². The van der Waals surface area contributed by atoms with Crippen molar-refractivity contribution in [1.82, 2.24) is 10.6 Å². The number of nitrogens with zero attached hydrogens (tertiary/aromatic N) is 1. The molecule has 3 aromatic carbocycles. The minimum Gasteiger partial charge on any atom is -0.497 e. The number of carbonyl (C=O) groups excluding carboxylic acids is 1. The quantitative estimate of drug-likeness (QED) is 0.266. The Bertz CT molecular complexity index is 1430. The summed E-state index contributed by atoms with van der Waals surface area (Å²) in [5.74, 6) is 2.29. The molecule has 0 fully saturated rings. The lowest BCUT2D eigenvalue weighted by Gasteiger charge is -2.15. The van der Waals surface area contributed by atoms with E-state index in [0.29, 0.717) is 54.8 Å². The van der Waals surface area contributed by atoms with Gasteiger partial charge in [0, 0.05) is 24.9 Å². The summed E-state index contributed by atoms with van der Waals surface area (Å²) in [5.41, 5.74) is 9.67. The molecule has 4 N–H and O–H groups in total. The molecule has 9 nitrogen and oxygen atoms in total. The zero-order valence-corrected chi connectivity index (χ0v) is 23.1. The number of aliphatic imine (C=N–C) groups is 1. The molecule has 212 valence electrons. The van der Waals surface area contributed by atoms with Gasteiger partial charge in [0.1, 0.15) is 24.7 Å². The van der Waals surface area contributed by atoms with Gasteiger partial charge in [-0.2, -0.15) is 0 Å². The highest BCUT2D eigenvalue weighted by molar-refractivity contribution is 5.94. The number of allylic oxidation sites excluding steroid dienone is 4. The average molecular weight is 555 g/mol. The molecule has 0 spiro atoms. The number of benzene rings is 3. The molecule has 9 heteroatoms. The van der Waals surface area contributed by atoms with Crippen molar-refractivity contribution in [2.45, 2.75) is 13.2 Å². The lowest BCUT2D eigenvalue weighted by molar-refractivity contribution is 0.0953. The number of methoxy groups -OCH3 is 2. The summed E-state index contributed by atoms with van der Waals surface area (Å²) < 4.78 is 22.7. The van der Waals surface area contributed by atoms with E-state index in [-0.39, 0.29) is 5.91 Å². The summed E-state index contributed by atoms with van der Waals surface area (Å²) in [7, 11) is 3.25. The van der Waals surface area contributed by atoms with E-state index in [1.54, 1.807) is 57.0 Å². The van der Waals surface area contributed by atoms with Crippen LogP contribution in [0, 0.1) is 0 Å². The second kappa shape index (κ2) is 14.8. The monoisotopic (exact) mass is 554 g/mol. The summed E-state index contributed by atoms with van der Waals surface area (Å²) in [6.45, 7) is 1.46. The first-order valence-electron chi connectivity index (χ1n) is 13.1. The van der Waals surface area contributed by atoms with Crippen LogP contribution in [-0.2, 0) is 13.2 Å². The lowest BCUT2D eigenvalue weighted by atomic mass is 10.1. The van der Waals surface area contributed by atoms with E-state index in [4.69, 9.17) is 24.7 Å². The van der Waals surface area contributed by atoms with Gasteiger partial charge in [-0.3, -0.25) is 9.79 Å². The Kier molecular flexibility index (Phi) is 10.4. The molecule has 0 atom stereocenters. The van der Waals surface area contributed by atoms with Crippen molar-refractivity contribution < 1.29 is 23.7 Å². The van der Waals surface area contributed by atoms with E-state index in [1.165, 1.54) is 0 Å². The summed E-state index contributed by atoms with van der Waals surface area (Å²) >= 11 is 0. The van der Waals surface area contributed by atoms with Crippen molar-refractivity contribution in [1.29, 1.82) is 0 Å². The third-order valence-electron chi connectivity index (χ3n) is 6.11. The van der Waals surface area contributed by atoms with Gasteiger partial charge in [-0.05, 0) is 65.7 Å². The third-order valence-corrected chi connectivity index (χ3v) is 6.11. The standard InChI is InChI=1S/C32H34N4O5/c1-38-26-11-6-23(7-12-26)21-40-30-15-10-25(19-31(30)41-22-24-8-13-27(39-2)14-9-24)32(37)36-18-17-35-29-20-34-16-4-3-5-28(29)33/h3-16,19-20,35H,17-18,21-22,33H2,1-2H3,(H,36,37)/b4-3?,5-3+,16-4+,28-5?,29-20?,29-28-,34-16?,34-20-. The van der Waals surface area contributed by atoms with E-state index < -0.39 is 0 Å². The van der Waals surface area contributed by atoms with Crippen LogP contribution in [0.5, 0.6) is 23.0 Å². The van der Waals surface area contributed by atoms with Crippen molar-refractivity contribution in [3.05, 3.63) is 119 Å². The molecule has 1 heterocycles. The van der Waals surface area contributed by atoms with Crippen LogP contribution >= 0.6 is 0 Å². The highest BCUT2D eigenvalue weighted by Gasteiger charge is 2.13. The van der Waals surface area contributed by atoms with Crippen molar-refractivity contribution in [2.24, 2.45) is 10.7 Å². The molecule has 1 aliphatic heterocycles. The Balaban J connectivity index is 1.41. The predicted molar refractivity (Wildman–Crippen MR) is 159 cm³/mol. The molecule has 0 aromatic heterocycles. The van der Waals surface area contributed by atoms with Crippen LogP contribution in [0.1, 0.15) is 21.5 Å². The molecule has 3 aromatic rings. The van der Waals surface area contributed by atoms with E-state index >= 15 is 0 Å². The highest BCUT2D eigenvalue weighted by Crippen LogP contribution is 2.30. The maximum Gasteiger partial charge on any atom is 0.251 e. The topological polar surface area (TPSA) is 116 Å². The van der Waals surface area contributed by atoms with Gasteiger partial charge in [-0.15, -0.1) is 0 Å². The predicted octanol–water partition coefficient (Wildman–Crippen LogP) is 4.51. The molecule has 1 amide bonds. The number of hydrogen-bond donors (Lipinski definition) is 3. The van der Waals surface area contributed by atoms with Gasteiger partial charge >= 0.3 is 0 Å². The van der Waals surface area contributed by atoms with Crippen LogP contribution in [0.25, 0.3) is 0 Å². The maximum atomic E-state index is 13.0. The number of nitrogens with two attached hydrogens (primary N) is 1. The van der Waals surface area contributed by atoms with Crippen LogP contribution < -0.4 is 35.3 Å². The van der Waals surface area contributed by atoms with Gasteiger partial charge in [0.05, 0.1) is 31.8 Å². The van der Waals surface area contributed by atoms with E-state index in [0.717, 1.165) is 22.6 Å². The number of ether oxygens (including phenoxy) is 4. The molecule has 0 unspecified atom stereocenters. The zero-order valence-electron chi connectivity index (χ0n) is 23.1.